The van der Waals surface area contributed by atoms with Crippen molar-refractivity contribution in [2.75, 3.05) is 28.6 Å². The van der Waals surface area contributed by atoms with E-state index in [9.17, 15) is 4.79 Å². The van der Waals surface area contributed by atoms with Gasteiger partial charge in [-0.15, -0.1) is 0 Å². The number of nitrogens with one attached hydrogen (secondary N) is 3. The maximum atomic E-state index is 12.3. The Labute approximate surface area is 184 Å². The number of carbonyl (C=O) groups is 1. The van der Waals surface area contributed by atoms with E-state index in [1.165, 1.54) is 6.21 Å². The van der Waals surface area contributed by atoms with Crippen molar-refractivity contribution in [3.8, 4) is 0 Å². The molecular weight excluding hydrogens is 442 g/mol. The van der Waals surface area contributed by atoms with Crippen molar-refractivity contribution in [3.63, 3.8) is 0 Å². The van der Waals surface area contributed by atoms with E-state index >= 15 is 0 Å². The Morgan fingerprint density at radius 3 is 2.47 bits per heavy atom. The van der Waals surface area contributed by atoms with Crippen molar-refractivity contribution in [2.24, 2.45) is 0 Å². The van der Waals surface area contributed by atoms with E-state index in [1.807, 2.05) is 48.5 Å². The Balaban J connectivity index is 1.53. The Hall–Kier alpha value is -3.32. The zero-order valence-electron chi connectivity index (χ0n) is 16.4. The van der Waals surface area contributed by atoms with Crippen molar-refractivity contribution in [1.29, 1.82) is 5.41 Å². The van der Waals surface area contributed by atoms with Gasteiger partial charge in [-0.3, -0.25) is 4.79 Å². The summed E-state index contributed by atoms with van der Waals surface area (Å²) in [6.07, 6.45) is 2.28. The van der Waals surface area contributed by atoms with Crippen molar-refractivity contribution in [1.82, 2.24) is 0 Å². The molecule has 3 rings (SSSR count). The predicted octanol–water partition coefficient (Wildman–Crippen LogP) is 4.45. The minimum Gasteiger partial charge on any atom is -0.398 e. The summed E-state index contributed by atoms with van der Waals surface area (Å²) in [7, 11) is 0. The monoisotopic (exact) mass is 465 g/mol. The number of amides is 1. The fraction of sp³-hybridized carbons (Fsp3) is 0.130. The molecule has 0 spiro atoms. The van der Waals surface area contributed by atoms with E-state index < -0.39 is 0 Å². The molecule has 6 nitrogen and oxygen atoms in total. The highest BCUT2D eigenvalue weighted by Crippen LogP contribution is 2.26. The van der Waals surface area contributed by atoms with Gasteiger partial charge in [-0.25, -0.2) is 0 Å². The Bertz CT molecular complexity index is 1050. The lowest BCUT2D eigenvalue weighted by Crippen LogP contribution is -2.15. The fourth-order valence-corrected chi connectivity index (χ4v) is 3.59. The molecule has 0 heterocycles. The molecule has 0 fully saturated rings. The van der Waals surface area contributed by atoms with Gasteiger partial charge in [0.05, 0.1) is 6.42 Å². The molecule has 0 aliphatic heterocycles. The van der Waals surface area contributed by atoms with Gasteiger partial charge in [-0.05, 0) is 47.9 Å². The molecule has 0 unspecified atom stereocenters. The number of para-hydroxylation sites is 1. The average Bonchev–Trinajstić information content (AvgIpc) is 2.71. The molecule has 7 heteroatoms. The van der Waals surface area contributed by atoms with Crippen LogP contribution in [0.25, 0.3) is 0 Å². The molecule has 3 aromatic carbocycles. The lowest BCUT2D eigenvalue weighted by Gasteiger charge is -2.12. The van der Waals surface area contributed by atoms with E-state index in [0.717, 1.165) is 33.4 Å². The molecule has 0 aliphatic carbocycles. The number of nitrogens with two attached hydrogens (primary N) is 2. The van der Waals surface area contributed by atoms with Gasteiger partial charge < -0.3 is 27.5 Å². The first-order chi connectivity index (χ1) is 14.5. The fourth-order valence-electron chi connectivity index (χ4n) is 3.12. The minimum absolute atomic E-state index is 0.103. The highest BCUT2D eigenvalue weighted by molar-refractivity contribution is 9.10. The maximum absolute atomic E-state index is 12.3. The topological polar surface area (TPSA) is 117 Å². The molecule has 0 saturated heterocycles. The average molecular weight is 466 g/mol. The number of rotatable bonds is 8. The van der Waals surface area contributed by atoms with Gasteiger partial charge in [0.25, 0.3) is 0 Å². The van der Waals surface area contributed by atoms with Crippen molar-refractivity contribution in [2.45, 2.75) is 12.8 Å². The molecule has 0 aromatic heterocycles. The first kappa shape index (κ1) is 21.4. The summed E-state index contributed by atoms with van der Waals surface area (Å²) in [5, 5.41) is 13.8. The van der Waals surface area contributed by atoms with Crippen LogP contribution in [0.2, 0.25) is 0 Å². The smallest absolute Gasteiger partial charge is 0.228 e. The van der Waals surface area contributed by atoms with Crippen LogP contribution in [-0.2, 0) is 17.6 Å². The zero-order valence-corrected chi connectivity index (χ0v) is 18.0. The molecule has 0 bridgehead atoms. The van der Waals surface area contributed by atoms with Crippen LogP contribution in [0, 0.1) is 5.41 Å². The highest BCUT2D eigenvalue weighted by atomic mass is 79.9. The predicted molar refractivity (Wildman–Crippen MR) is 128 cm³/mol. The number of anilines is 4. The second-order valence-corrected chi connectivity index (χ2v) is 7.81. The van der Waals surface area contributed by atoms with Crippen LogP contribution in [0.1, 0.15) is 16.7 Å². The summed E-state index contributed by atoms with van der Waals surface area (Å²) in [5.41, 5.74) is 17.2. The van der Waals surface area contributed by atoms with Gasteiger partial charge in [-0.1, -0.05) is 46.3 Å². The van der Waals surface area contributed by atoms with Crippen molar-refractivity contribution < 1.29 is 4.79 Å². The van der Waals surface area contributed by atoms with Gasteiger partial charge >= 0.3 is 0 Å². The second-order valence-electron chi connectivity index (χ2n) is 6.90. The molecule has 0 aliphatic rings. The Morgan fingerprint density at radius 1 is 1.03 bits per heavy atom. The zero-order chi connectivity index (χ0) is 21.5. The summed E-state index contributed by atoms with van der Waals surface area (Å²) >= 11 is 3.43. The largest absolute Gasteiger partial charge is 0.398 e. The first-order valence-corrected chi connectivity index (χ1v) is 10.3. The third kappa shape index (κ3) is 5.61. The molecule has 0 saturated carbocycles. The third-order valence-corrected chi connectivity index (χ3v) is 5.15. The first-order valence-electron chi connectivity index (χ1n) is 9.52. The number of carbonyl (C=O) groups excluding carboxylic acids is 1. The summed E-state index contributed by atoms with van der Waals surface area (Å²) in [6.45, 7) is 0.690. The van der Waals surface area contributed by atoms with Gasteiger partial charge in [0.15, 0.2) is 0 Å². The van der Waals surface area contributed by atoms with E-state index in [0.29, 0.717) is 23.5 Å². The molecule has 30 heavy (non-hydrogen) atoms. The third-order valence-electron chi connectivity index (χ3n) is 4.69. The van der Waals surface area contributed by atoms with Crippen LogP contribution >= 0.6 is 15.9 Å². The van der Waals surface area contributed by atoms with Crippen LogP contribution in [0.3, 0.4) is 0 Å². The quantitative estimate of drug-likeness (QED) is 0.249. The summed E-state index contributed by atoms with van der Waals surface area (Å²) in [4.78, 5) is 12.3. The molecule has 1 amide bonds. The lowest BCUT2D eigenvalue weighted by atomic mass is 10.1. The van der Waals surface area contributed by atoms with Crippen molar-refractivity contribution >= 4 is 50.8 Å². The normalized spacial score (nSPS) is 10.4. The Kier molecular flexibility index (Phi) is 7.08. The second kappa shape index (κ2) is 9.93. The van der Waals surface area contributed by atoms with E-state index in [4.69, 9.17) is 16.9 Å². The summed E-state index contributed by atoms with van der Waals surface area (Å²) in [5.74, 6) is -0.103. The van der Waals surface area contributed by atoms with Crippen LogP contribution in [-0.4, -0.2) is 18.7 Å². The number of hydrogen-bond acceptors (Lipinski definition) is 5. The van der Waals surface area contributed by atoms with Gasteiger partial charge in [0, 0.05) is 45.5 Å². The van der Waals surface area contributed by atoms with Gasteiger partial charge in [-0.2, -0.15) is 0 Å². The summed E-state index contributed by atoms with van der Waals surface area (Å²) in [6, 6.07) is 18.8. The lowest BCUT2D eigenvalue weighted by molar-refractivity contribution is -0.115. The molecule has 3 aromatic rings. The molecule has 7 N–H and O–H groups in total. The van der Waals surface area contributed by atoms with E-state index in [-0.39, 0.29) is 12.3 Å². The van der Waals surface area contributed by atoms with Gasteiger partial charge in [0.2, 0.25) is 5.91 Å². The van der Waals surface area contributed by atoms with Crippen LogP contribution in [0.4, 0.5) is 22.7 Å². The van der Waals surface area contributed by atoms with Gasteiger partial charge in [0.1, 0.15) is 0 Å². The van der Waals surface area contributed by atoms with E-state index in [1.54, 1.807) is 12.1 Å². The van der Waals surface area contributed by atoms with Crippen LogP contribution in [0.15, 0.2) is 65.1 Å². The van der Waals surface area contributed by atoms with Crippen LogP contribution < -0.4 is 22.1 Å². The maximum Gasteiger partial charge on any atom is 0.228 e. The van der Waals surface area contributed by atoms with Crippen molar-refractivity contribution in [3.05, 3.63) is 81.8 Å². The summed E-state index contributed by atoms with van der Waals surface area (Å²) < 4.78 is 0.866. The number of halogens is 1. The SMILES string of the molecule is N=Cc1c(N)cc(Br)cc1NCCc1ccc(NC(=O)Cc2ccccc2N)cc1. The molecule has 0 atom stereocenters. The molecule has 154 valence electrons. The number of benzene rings is 3. The number of hydrogen-bond donors (Lipinski definition) is 5. The standard InChI is InChI=1S/C23H24BrN5O/c24-17-12-21(27)19(14-25)22(13-17)28-10-9-15-5-7-18(8-6-15)29-23(30)11-16-3-1-2-4-20(16)26/h1-8,12-14,25,28H,9-11,26-27H2,(H,29,30). The number of nitrogen functional groups attached to an aromatic ring is 2. The van der Waals surface area contributed by atoms with Crippen LogP contribution in [0.5, 0.6) is 0 Å². The highest BCUT2D eigenvalue weighted by Gasteiger charge is 2.08. The molecule has 0 radical (unpaired) electrons. The molecular formula is C23H24BrN5O. The Morgan fingerprint density at radius 2 is 1.77 bits per heavy atom. The minimum atomic E-state index is -0.103. The van der Waals surface area contributed by atoms with E-state index in [2.05, 4.69) is 26.6 Å².